The predicted octanol–water partition coefficient (Wildman–Crippen LogP) is 3.18. The highest BCUT2D eigenvalue weighted by Gasteiger charge is 2.34. The van der Waals surface area contributed by atoms with Gasteiger partial charge in [-0.1, -0.05) is 0 Å². The van der Waals surface area contributed by atoms with Crippen LogP contribution in [-0.2, 0) is 6.42 Å². The quantitative estimate of drug-likeness (QED) is 0.592. The standard InChI is InChI=1S/C17H27F3N4S/c1-4-21-16(22-12(2)9-15-6-5-13(3)25-15)23-14-7-8-24(10-14)11-17(18,19)20/h5-6,12,14H,4,7-11H2,1-3H3,(H2,21,22,23). The van der Waals surface area contributed by atoms with Crippen molar-refractivity contribution in [3.63, 3.8) is 0 Å². The highest BCUT2D eigenvalue weighted by atomic mass is 32.1. The topological polar surface area (TPSA) is 39.7 Å². The second-order valence-corrected chi connectivity index (χ2v) is 7.94. The lowest BCUT2D eigenvalue weighted by Gasteiger charge is -2.22. The van der Waals surface area contributed by atoms with Crippen LogP contribution in [0.15, 0.2) is 17.1 Å². The molecular weight excluding hydrogens is 349 g/mol. The number of hydrogen-bond acceptors (Lipinski definition) is 3. The van der Waals surface area contributed by atoms with E-state index in [9.17, 15) is 13.2 Å². The lowest BCUT2D eigenvalue weighted by Crippen LogP contribution is -2.48. The van der Waals surface area contributed by atoms with E-state index in [2.05, 4.69) is 41.6 Å². The molecule has 2 atom stereocenters. The first-order chi connectivity index (χ1) is 11.7. The van der Waals surface area contributed by atoms with E-state index in [-0.39, 0.29) is 12.1 Å². The van der Waals surface area contributed by atoms with E-state index in [1.165, 1.54) is 14.7 Å². The molecule has 25 heavy (non-hydrogen) atoms. The monoisotopic (exact) mass is 376 g/mol. The number of alkyl halides is 3. The number of nitrogens with one attached hydrogen (secondary N) is 2. The van der Waals surface area contributed by atoms with E-state index in [0.29, 0.717) is 32.0 Å². The largest absolute Gasteiger partial charge is 0.401 e. The van der Waals surface area contributed by atoms with Gasteiger partial charge in [0.05, 0.1) is 6.54 Å². The molecule has 4 nitrogen and oxygen atoms in total. The summed E-state index contributed by atoms with van der Waals surface area (Å²) in [5.74, 6) is 0.683. The number of halogens is 3. The Hall–Kier alpha value is -1.28. The van der Waals surface area contributed by atoms with Crippen LogP contribution < -0.4 is 10.6 Å². The van der Waals surface area contributed by atoms with Crippen LogP contribution in [0.5, 0.6) is 0 Å². The smallest absolute Gasteiger partial charge is 0.354 e. The zero-order chi connectivity index (χ0) is 18.4. The molecule has 2 heterocycles. The Kier molecular flexibility index (Phi) is 7.13. The van der Waals surface area contributed by atoms with Gasteiger partial charge in [0.1, 0.15) is 0 Å². The third kappa shape index (κ3) is 7.23. The molecule has 1 fully saturated rings. The minimum absolute atomic E-state index is 0.00340. The number of thiophene rings is 1. The molecule has 8 heteroatoms. The molecule has 0 aliphatic carbocycles. The Morgan fingerprint density at radius 1 is 1.44 bits per heavy atom. The molecule has 0 amide bonds. The fraction of sp³-hybridized carbons (Fsp3) is 0.706. The lowest BCUT2D eigenvalue weighted by molar-refractivity contribution is -0.143. The molecule has 2 rings (SSSR count). The maximum atomic E-state index is 12.5. The number of guanidine groups is 1. The molecule has 0 bridgehead atoms. The highest BCUT2D eigenvalue weighted by Crippen LogP contribution is 2.20. The van der Waals surface area contributed by atoms with Gasteiger partial charge in [0, 0.05) is 47.9 Å². The molecule has 1 aromatic rings. The van der Waals surface area contributed by atoms with Crippen LogP contribution in [0.1, 0.15) is 30.0 Å². The Bertz CT molecular complexity index is 570. The van der Waals surface area contributed by atoms with Gasteiger partial charge in [-0.25, -0.2) is 0 Å². The number of hydrogen-bond donors (Lipinski definition) is 2. The van der Waals surface area contributed by atoms with Crippen LogP contribution in [0, 0.1) is 6.92 Å². The van der Waals surface area contributed by atoms with Crippen molar-refractivity contribution in [3.05, 3.63) is 21.9 Å². The molecule has 2 unspecified atom stereocenters. The van der Waals surface area contributed by atoms with E-state index in [4.69, 9.17) is 0 Å². The number of nitrogens with zero attached hydrogens (tertiary/aromatic N) is 2. The van der Waals surface area contributed by atoms with Gasteiger partial charge in [-0.3, -0.25) is 9.89 Å². The van der Waals surface area contributed by atoms with E-state index in [1.807, 2.05) is 6.92 Å². The van der Waals surface area contributed by atoms with Gasteiger partial charge in [-0.15, -0.1) is 11.3 Å². The molecule has 1 aliphatic heterocycles. The van der Waals surface area contributed by atoms with Crippen molar-refractivity contribution in [2.24, 2.45) is 4.99 Å². The zero-order valence-electron chi connectivity index (χ0n) is 15.0. The van der Waals surface area contributed by atoms with Crippen molar-refractivity contribution in [2.75, 3.05) is 26.2 Å². The first-order valence-electron chi connectivity index (χ1n) is 8.67. The SMILES string of the molecule is CCN=C(NC(C)Cc1ccc(C)s1)NC1CCN(CC(F)(F)F)C1. The van der Waals surface area contributed by atoms with E-state index in [0.717, 1.165) is 6.42 Å². The van der Waals surface area contributed by atoms with Crippen molar-refractivity contribution in [2.45, 2.75) is 51.9 Å². The summed E-state index contributed by atoms with van der Waals surface area (Å²) in [6, 6.07) is 4.44. The van der Waals surface area contributed by atoms with Gasteiger partial charge >= 0.3 is 6.18 Å². The molecule has 142 valence electrons. The second-order valence-electron chi connectivity index (χ2n) is 6.57. The lowest BCUT2D eigenvalue weighted by atomic mass is 10.2. The Balaban J connectivity index is 1.83. The minimum Gasteiger partial charge on any atom is -0.354 e. The maximum absolute atomic E-state index is 12.5. The summed E-state index contributed by atoms with van der Waals surface area (Å²) >= 11 is 1.78. The van der Waals surface area contributed by atoms with Gasteiger partial charge in [-0.2, -0.15) is 13.2 Å². The van der Waals surface area contributed by atoms with Crippen molar-refractivity contribution in [1.29, 1.82) is 0 Å². The molecule has 1 aromatic heterocycles. The van der Waals surface area contributed by atoms with Crippen LogP contribution >= 0.6 is 11.3 Å². The third-order valence-electron chi connectivity index (χ3n) is 4.02. The molecule has 1 saturated heterocycles. The molecule has 0 spiro atoms. The predicted molar refractivity (Wildman–Crippen MR) is 97.4 cm³/mol. The van der Waals surface area contributed by atoms with Crippen LogP contribution in [-0.4, -0.2) is 55.3 Å². The number of aliphatic imine (C=N–C) groups is 1. The molecule has 2 N–H and O–H groups in total. The van der Waals surface area contributed by atoms with Crippen molar-refractivity contribution < 1.29 is 13.2 Å². The number of rotatable bonds is 6. The fourth-order valence-corrected chi connectivity index (χ4v) is 4.03. The molecule has 0 aromatic carbocycles. The highest BCUT2D eigenvalue weighted by molar-refractivity contribution is 7.11. The van der Waals surface area contributed by atoms with Crippen molar-refractivity contribution >= 4 is 17.3 Å². The van der Waals surface area contributed by atoms with E-state index >= 15 is 0 Å². The summed E-state index contributed by atoms with van der Waals surface area (Å²) in [6.45, 7) is 6.76. The molecular formula is C17H27F3N4S. The number of likely N-dealkylation sites (tertiary alicyclic amines) is 1. The summed E-state index contributed by atoms with van der Waals surface area (Å²) in [7, 11) is 0. The van der Waals surface area contributed by atoms with E-state index in [1.54, 1.807) is 11.3 Å². The Labute approximate surface area is 151 Å². The second kappa shape index (κ2) is 8.89. The Morgan fingerprint density at radius 2 is 2.20 bits per heavy atom. The normalized spacial score (nSPS) is 20.7. The van der Waals surface area contributed by atoms with Gasteiger partial charge in [0.15, 0.2) is 5.96 Å². The van der Waals surface area contributed by atoms with Crippen LogP contribution in [0.3, 0.4) is 0 Å². The van der Waals surface area contributed by atoms with Crippen molar-refractivity contribution in [1.82, 2.24) is 15.5 Å². The summed E-state index contributed by atoms with van der Waals surface area (Å²) in [4.78, 5) is 8.48. The molecule has 0 saturated carbocycles. The van der Waals surface area contributed by atoms with Gasteiger partial charge in [0.25, 0.3) is 0 Å². The minimum atomic E-state index is -4.14. The maximum Gasteiger partial charge on any atom is 0.401 e. The summed E-state index contributed by atoms with van der Waals surface area (Å²) in [5.41, 5.74) is 0. The van der Waals surface area contributed by atoms with Crippen LogP contribution in [0.4, 0.5) is 13.2 Å². The summed E-state index contributed by atoms with van der Waals surface area (Å²) in [5, 5.41) is 6.66. The average molecular weight is 376 g/mol. The first-order valence-corrected chi connectivity index (χ1v) is 9.48. The Morgan fingerprint density at radius 3 is 2.80 bits per heavy atom. The fourth-order valence-electron chi connectivity index (χ4n) is 3.01. The summed E-state index contributed by atoms with van der Waals surface area (Å²) < 4.78 is 37.5. The number of aryl methyl sites for hydroxylation is 1. The summed E-state index contributed by atoms with van der Waals surface area (Å²) in [6.07, 6.45) is -2.55. The van der Waals surface area contributed by atoms with Crippen LogP contribution in [0.2, 0.25) is 0 Å². The average Bonchev–Trinajstić information content (AvgIpc) is 3.06. The van der Waals surface area contributed by atoms with Crippen molar-refractivity contribution in [3.8, 4) is 0 Å². The molecule has 1 aliphatic rings. The zero-order valence-corrected chi connectivity index (χ0v) is 15.8. The van der Waals surface area contributed by atoms with Crippen LogP contribution in [0.25, 0.3) is 0 Å². The molecule has 0 radical (unpaired) electrons. The van der Waals surface area contributed by atoms with E-state index < -0.39 is 12.7 Å². The first kappa shape index (κ1) is 20.0. The van der Waals surface area contributed by atoms with Gasteiger partial charge in [-0.05, 0) is 39.3 Å². The third-order valence-corrected chi connectivity index (χ3v) is 5.04. The van der Waals surface area contributed by atoms with Gasteiger partial charge < -0.3 is 10.6 Å². The van der Waals surface area contributed by atoms with Gasteiger partial charge in [0.2, 0.25) is 0 Å².